The molecular formula is C17H21BrN4O3S. The van der Waals surface area contributed by atoms with E-state index < -0.39 is 0 Å². The van der Waals surface area contributed by atoms with Gasteiger partial charge in [-0.3, -0.25) is 4.79 Å². The van der Waals surface area contributed by atoms with Gasteiger partial charge in [-0.05, 0) is 53.9 Å². The summed E-state index contributed by atoms with van der Waals surface area (Å²) in [5.41, 5.74) is 9.57. The summed E-state index contributed by atoms with van der Waals surface area (Å²) in [5, 5.41) is 4.37. The highest BCUT2D eigenvalue weighted by atomic mass is 79.9. The lowest BCUT2D eigenvalue weighted by atomic mass is 10.2. The number of hydrogen-bond donors (Lipinski definition) is 2. The molecule has 7 nitrogen and oxygen atoms in total. The number of nitrogens with zero attached hydrogens (tertiary/aromatic N) is 2. The van der Waals surface area contributed by atoms with Crippen molar-refractivity contribution in [2.24, 2.45) is 5.10 Å². The van der Waals surface area contributed by atoms with E-state index in [1.807, 2.05) is 26.8 Å². The molecule has 1 aromatic heterocycles. The average molecular weight is 441 g/mol. The molecule has 26 heavy (non-hydrogen) atoms. The Labute approximate surface area is 164 Å². The van der Waals surface area contributed by atoms with Crippen LogP contribution in [-0.2, 0) is 6.42 Å². The molecule has 2 aromatic rings. The fraction of sp³-hybridized carbons (Fsp3) is 0.353. The maximum atomic E-state index is 12.2. The summed E-state index contributed by atoms with van der Waals surface area (Å²) in [6, 6.07) is 3.61. The summed E-state index contributed by atoms with van der Waals surface area (Å²) in [6.45, 7) is 5.79. The minimum Gasteiger partial charge on any atom is -0.493 e. The molecule has 0 spiro atoms. The number of aromatic nitrogens is 1. The van der Waals surface area contributed by atoms with Crippen LogP contribution in [0.3, 0.4) is 0 Å². The summed E-state index contributed by atoms with van der Waals surface area (Å²) in [6.07, 6.45) is 2.17. The molecule has 0 unspecified atom stereocenters. The number of carbonyl (C=O) groups excluding carboxylic acids is 1. The molecule has 0 saturated carbocycles. The van der Waals surface area contributed by atoms with Crippen molar-refractivity contribution in [1.29, 1.82) is 0 Å². The van der Waals surface area contributed by atoms with E-state index in [9.17, 15) is 4.79 Å². The Morgan fingerprint density at radius 2 is 2.23 bits per heavy atom. The van der Waals surface area contributed by atoms with Gasteiger partial charge in [0.15, 0.2) is 16.6 Å². The monoisotopic (exact) mass is 440 g/mol. The van der Waals surface area contributed by atoms with E-state index in [1.165, 1.54) is 6.21 Å². The van der Waals surface area contributed by atoms with E-state index in [2.05, 4.69) is 31.4 Å². The lowest BCUT2D eigenvalue weighted by Crippen LogP contribution is -2.17. The normalized spacial score (nSPS) is 11.2. The Hall–Kier alpha value is -2.13. The molecule has 9 heteroatoms. The van der Waals surface area contributed by atoms with Gasteiger partial charge >= 0.3 is 0 Å². The van der Waals surface area contributed by atoms with Gasteiger partial charge < -0.3 is 15.2 Å². The van der Waals surface area contributed by atoms with Crippen molar-refractivity contribution in [1.82, 2.24) is 10.4 Å². The molecule has 140 valence electrons. The molecule has 0 aliphatic carbocycles. The minimum atomic E-state index is -0.335. The van der Waals surface area contributed by atoms with Gasteiger partial charge in [0.1, 0.15) is 4.88 Å². The van der Waals surface area contributed by atoms with Crippen LogP contribution in [0.1, 0.15) is 41.7 Å². The lowest BCUT2D eigenvalue weighted by Gasteiger charge is -2.15. The van der Waals surface area contributed by atoms with Crippen molar-refractivity contribution in [3.8, 4) is 11.5 Å². The minimum absolute atomic E-state index is 0.0126. The van der Waals surface area contributed by atoms with Crippen LogP contribution >= 0.6 is 27.3 Å². The molecule has 0 aliphatic rings. The number of nitrogen functional groups attached to an aromatic ring is 1. The summed E-state index contributed by atoms with van der Waals surface area (Å²) in [7, 11) is 1.57. The smallest absolute Gasteiger partial charge is 0.283 e. The van der Waals surface area contributed by atoms with Crippen LogP contribution < -0.4 is 20.6 Å². The number of halogens is 1. The molecule has 0 bridgehead atoms. The van der Waals surface area contributed by atoms with Crippen molar-refractivity contribution in [3.05, 3.63) is 32.7 Å². The number of rotatable bonds is 7. The van der Waals surface area contributed by atoms with Crippen molar-refractivity contribution >= 4 is 44.5 Å². The number of nitrogens with one attached hydrogen (secondary N) is 1. The van der Waals surface area contributed by atoms with E-state index in [0.29, 0.717) is 33.6 Å². The highest BCUT2D eigenvalue weighted by Crippen LogP contribution is 2.37. The van der Waals surface area contributed by atoms with Crippen LogP contribution in [0.5, 0.6) is 11.5 Å². The van der Waals surface area contributed by atoms with Gasteiger partial charge in [-0.1, -0.05) is 18.3 Å². The third kappa shape index (κ3) is 4.95. The molecule has 1 aromatic carbocycles. The van der Waals surface area contributed by atoms with Crippen LogP contribution in [0.25, 0.3) is 0 Å². The Balaban J connectivity index is 2.15. The fourth-order valence-corrected chi connectivity index (χ4v) is 3.53. The zero-order chi connectivity index (χ0) is 19.3. The van der Waals surface area contributed by atoms with Gasteiger partial charge in [0.05, 0.1) is 29.6 Å². The molecule has 0 atom stereocenters. The third-order valence-corrected chi connectivity index (χ3v) is 4.75. The predicted molar refractivity (Wildman–Crippen MR) is 107 cm³/mol. The van der Waals surface area contributed by atoms with Crippen LogP contribution in [0.2, 0.25) is 0 Å². The zero-order valence-corrected chi connectivity index (χ0v) is 17.4. The van der Waals surface area contributed by atoms with E-state index in [1.54, 1.807) is 13.2 Å². The number of nitrogens with two attached hydrogens (primary N) is 1. The van der Waals surface area contributed by atoms with E-state index >= 15 is 0 Å². The van der Waals surface area contributed by atoms with Crippen molar-refractivity contribution in [2.75, 3.05) is 12.8 Å². The van der Waals surface area contributed by atoms with Crippen molar-refractivity contribution in [3.63, 3.8) is 0 Å². The molecule has 2 rings (SSSR count). The average Bonchev–Trinajstić information content (AvgIpc) is 2.97. The van der Waals surface area contributed by atoms with E-state index in [0.717, 1.165) is 21.4 Å². The summed E-state index contributed by atoms with van der Waals surface area (Å²) < 4.78 is 11.9. The number of aryl methyl sites for hydroxylation is 1. The molecule has 0 radical (unpaired) electrons. The first kappa shape index (κ1) is 20.2. The van der Waals surface area contributed by atoms with Gasteiger partial charge in [0.2, 0.25) is 0 Å². The second kappa shape index (κ2) is 9.00. The molecule has 0 saturated heterocycles. The zero-order valence-electron chi connectivity index (χ0n) is 15.0. The van der Waals surface area contributed by atoms with Crippen molar-refractivity contribution in [2.45, 2.75) is 33.3 Å². The summed E-state index contributed by atoms with van der Waals surface area (Å²) >= 11 is 4.62. The van der Waals surface area contributed by atoms with Crippen molar-refractivity contribution < 1.29 is 14.3 Å². The highest BCUT2D eigenvalue weighted by molar-refractivity contribution is 9.10. The number of carbonyl (C=O) groups is 1. The first-order chi connectivity index (χ1) is 12.3. The van der Waals surface area contributed by atoms with Crippen LogP contribution in [0, 0.1) is 0 Å². The second-order valence-electron chi connectivity index (χ2n) is 5.58. The Kier molecular flexibility index (Phi) is 6.98. The van der Waals surface area contributed by atoms with E-state index in [-0.39, 0.29) is 12.0 Å². The number of methoxy groups -OCH3 is 1. The second-order valence-corrected chi connectivity index (χ2v) is 7.47. The molecule has 3 N–H and O–H groups in total. The first-order valence-electron chi connectivity index (χ1n) is 7.98. The Bertz CT molecular complexity index is 821. The SMILES string of the molecule is CCc1nc(N)sc1C(=O)N/N=C\c1cc(Br)c(OC(C)C)c(OC)c1. The molecule has 1 amide bonds. The van der Waals surface area contributed by atoms with Gasteiger partial charge in [-0.15, -0.1) is 0 Å². The lowest BCUT2D eigenvalue weighted by molar-refractivity contribution is 0.0958. The number of thiazole rings is 1. The number of hydrogen-bond acceptors (Lipinski definition) is 7. The standard InChI is InChI=1S/C17H21BrN4O3S/c1-5-12-15(26-17(19)21-12)16(23)22-20-8-10-6-11(18)14(25-9(2)3)13(7-10)24-4/h6-9H,5H2,1-4H3,(H2,19,21)(H,22,23)/b20-8-. The van der Waals surface area contributed by atoms with Gasteiger partial charge in [-0.2, -0.15) is 5.10 Å². The van der Waals surface area contributed by atoms with Gasteiger partial charge in [0.25, 0.3) is 5.91 Å². The van der Waals surface area contributed by atoms with Gasteiger partial charge in [-0.25, -0.2) is 10.4 Å². The molecule has 0 aliphatic heterocycles. The molecule has 1 heterocycles. The largest absolute Gasteiger partial charge is 0.493 e. The van der Waals surface area contributed by atoms with Crippen LogP contribution in [0.4, 0.5) is 5.13 Å². The third-order valence-electron chi connectivity index (χ3n) is 3.24. The topological polar surface area (TPSA) is 98.8 Å². The van der Waals surface area contributed by atoms with Gasteiger partial charge in [0, 0.05) is 0 Å². The van der Waals surface area contributed by atoms with Crippen LogP contribution in [-0.4, -0.2) is 30.3 Å². The maximum absolute atomic E-state index is 12.2. The fourth-order valence-electron chi connectivity index (χ4n) is 2.17. The summed E-state index contributed by atoms with van der Waals surface area (Å²) in [5.74, 6) is 0.860. The maximum Gasteiger partial charge on any atom is 0.283 e. The number of hydrazone groups is 1. The number of benzene rings is 1. The molecular weight excluding hydrogens is 420 g/mol. The number of anilines is 1. The van der Waals surface area contributed by atoms with E-state index in [4.69, 9.17) is 15.2 Å². The predicted octanol–water partition coefficient (Wildman–Crippen LogP) is 3.61. The Morgan fingerprint density at radius 1 is 1.50 bits per heavy atom. The first-order valence-corrected chi connectivity index (χ1v) is 9.59. The highest BCUT2D eigenvalue weighted by Gasteiger charge is 2.16. The number of ether oxygens (including phenoxy) is 2. The van der Waals surface area contributed by atoms with Crippen LogP contribution in [0.15, 0.2) is 21.7 Å². The Morgan fingerprint density at radius 3 is 2.85 bits per heavy atom. The molecule has 0 fully saturated rings. The summed E-state index contributed by atoms with van der Waals surface area (Å²) in [4.78, 5) is 16.8. The quantitative estimate of drug-likeness (QED) is 0.505. The number of amides is 1.